The normalized spacial score (nSPS) is 17.5. The van der Waals surface area contributed by atoms with Crippen molar-refractivity contribution < 1.29 is 9.63 Å². The summed E-state index contributed by atoms with van der Waals surface area (Å²) < 4.78 is 0. The predicted octanol–water partition coefficient (Wildman–Crippen LogP) is 2.56. The van der Waals surface area contributed by atoms with Crippen LogP contribution in [0, 0.1) is 6.92 Å². The number of carbonyl (C=O) groups excluding carboxylic acids is 1. The van der Waals surface area contributed by atoms with E-state index in [0.717, 1.165) is 11.1 Å². The third kappa shape index (κ3) is 2.04. The van der Waals surface area contributed by atoms with Gasteiger partial charge in [-0.05, 0) is 33.3 Å². The summed E-state index contributed by atoms with van der Waals surface area (Å²) in [5.74, 6) is 0.447. The minimum absolute atomic E-state index is 0.145. The van der Waals surface area contributed by atoms with E-state index in [9.17, 15) is 4.79 Å². The quantitative estimate of drug-likeness (QED) is 0.764. The number of rotatable bonds is 1. The number of nitrogens with zero attached hydrogens (tertiary/aromatic N) is 2. The Morgan fingerprint density at radius 1 is 1.28 bits per heavy atom. The minimum atomic E-state index is -0.266. The maximum absolute atomic E-state index is 12.3. The molecule has 0 saturated carbocycles. The first-order valence-electron chi connectivity index (χ1n) is 5.93. The topological polar surface area (TPSA) is 41.9 Å². The van der Waals surface area contributed by atoms with Crippen LogP contribution in [0.25, 0.3) is 0 Å². The number of hydrogen-bond acceptors (Lipinski definition) is 3. The average molecular weight is 246 g/mol. The third-order valence-corrected chi connectivity index (χ3v) is 2.73. The molecule has 4 heteroatoms. The summed E-state index contributed by atoms with van der Waals surface area (Å²) in [5, 5.41) is 1.27. The van der Waals surface area contributed by atoms with E-state index >= 15 is 0 Å². The Balaban J connectivity index is 2.65. The fourth-order valence-electron chi connectivity index (χ4n) is 2.04. The molecule has 0 radical (unpaired) electrons. The summed E-state index contributed by atoms with van der Waals surface area (Å²) in [4.78, 5) is 22.0. The molecule has 0 fully saturated rings. The van der Waals surface area contributed by atoms with Gasteiger partial charge in [0.15, 0.2) is 5.84 Å². The monoisotopic (exact) mass is 246 g/mol. The van der Waals surface area contributed by atoms with E-state index < -0.39 is 0 Å². The van der Waals surface area contributed by atoms with Crippen molar-refractivity contribution in [1.29, 1.82) is 0 Å². The SMILES string of the molecule is CON1C(=O)c2c(C)cccc2C1=NC(C)(C)C. The zero-order valence-electron chi connectivity index (χ0n) is 11.4. The number of aryl methyl sites for hydroxylation is 1. The smallest absolute Gasteiger partial charge is 0.268 e. The lowest BCUT2D eigenvalue weighted by atomic mass is 10.0. The molecule has 1 aromatic carbocycles. The molecule has 0 unspecified atom stereocenters. The predicted molar refractivity (Wildman–Crippen MR) is 70.6 cm³/mol. The molecule has 1 aromatic rings. The number of carbonyl (C=O) groups is 1. The van der Waals surface area contributed by atoms with Gasteiger partial charge in [0.2, 0.25) is 0 Å². The van der Waals surface area contributed by atoms with Crippen LogP contribution in [0.15, 0.2) is 23.2 Å². The fourth-order valence-corrected chi connectivity index (χ4v) is 2.04. The molecule has 2 rings (SSSR count). The minimum Gasteiger partial charge on any atom is -0.268 e. The van der Waals surface area contributed by atoms with Crippen LogP contribution in [0.4, 0.5) is 0 Å². The van der Waals surface area contributed by atoms with Crippen LogP contribution in [0.1, 0.15) is 42.3 Å². The first kappa shape index (κ1) is 12.8. The summed E-state index contributed by atoms with van der Waals surface area (Å²) in [6, 6.07) is 5.76. The standard InChI is InChI=1S/C14H18N2O2/c1-9-7-6-8-10-11(9)13(17)16(18-5)12(10)15-14(2,3)4/h6-8H,1-5H3. The van der Waals surface area contributed by atoms with Crippen molar-refractivity contribution >= 4 is 11.7 Å². The van der Waals surface area contributed by atoms with Crippen LogP contribution >= 0.6 is 0 Å². The Labute approximate surface area is 107 Å². The van der Waals surface area contributed by atoms with Gasteiger partial charge in [0.05, 0.1) is 18.2 Å². The number of amidine groups is 1. The van der Waals surface area contributed by atoms with E-state index in [2.05, 4.69) is 4.99 Å². The number of benzene rings is 1. The van der Waals surface area contributed by atoms with Gasteiger partial charge in [0, 0.05) is 5.56 Å². The van der Waals surface area contributed by atoms with Crippen molar-refractivity contribution in [2.45, 2.75) is 33.2 Å². The van der Waals surface area contributed by atoms with E-state index in [4.69, 9.17) is 4.84 Å². The van der Waals surface area contributed by atoms with Gasteiger partial charge in [-0.2, -0.15) is 5.06 Å². The molecule has 0 bridgehead atoms. The van der Waals surface area contributed by atoms with Crippen LogP contribution in [0.3, 0.4) is 0 Å². The third-order valence-electron chi connectivity index (χ3n) is 2.73. The molecule has 0 saturated heterocycles. The van der Waals surface area contributed by atoms with E-state index in [0.29, 0.717) is 11.4 Å². The number of fused-ring (bicyclic) bond motifs is 1. The lowest BCUT2D eigenvalue weighted by Crippen LogP contribution is -2.31. The number of aliphatic imine (C=N–C) groups is 1. The maximum atomic E-state index is 12.3. The Hall–Kier alpha value is -1.68. The highest BCUT2D eigenvalue weighted by molar-refractivity contribution is 6.23. The molecular formula is C14H18N2O2. The van der Waals surface area contributed by atoms with E-state index in [1.54, 1.807) is 0 Å². The van der Waals surface area contributed by atoms with Crippen LogP contribution in [0.5, 0.6) is 0 Å². The van der Waals surface area contributed by atoms with Crippen LogP contribution in [-0.2, 0) is 4.84 Å². The first-order chi connectivity index (χ1) is 8.35. The molecule has 0 spiro atoms. The fraction of sp³-hybridized carbons (Fsp3) is 0.429. The van der Waals surface area contributed by atoms with Crippen molar-refractivity contribution in [2.24, 2.45) is 4.99 Å². The van der Waals surface area contributed by atoms with Gasteiger partial charge in [-0.25, -0.2) is 0 Å². The Bertz CT molecular complexity index is 527. The lowest BCUT2D eigenvalue weighted by Gasteiger charge is -2.18. The van der Waals surface area contributed by atoms with Crippen molar-refractivity contribution in [2.75, 3.05) is 7.11 Å². The molecule has 4 nitrogen and oxygen atoms in total. The van der Waals surface area contributed by atoms with Gasteiger partial charge in [-0.1, -0.05) is 18.2 Å². The summed E-state index contributed by atoms with van der Waals surface area (Å²) in [6.07, 6.45) is 0. The van der Waals surface area contributed by atoms with Gasteiger partial charge in [0.1, 0.15) is 0 Å². The second-order valence-electron chi connectivity index (χ2n) is 5.39. The Kier molecular flexibility index (Phi) is 2.99. The second-order valence-corrected chi connectivity index (χ2v) is 5.39. The highest BCUT2D eigenvalue weighted by atomic mass is 16.7. The largest absolute Gasteiger partial charge is 0.284 e. The lowest BCUT2D eigenvalue weighted by molar-refractivity contribution is -0.0375. The zero-order chi connectivity index (χ0) is 13.5. The molecule has 96 valence electrons. The molecular weight excluding hydrogens is 228 g/mol. The van der Waals surface area contributed by atoms with Crippen molar-refractivity contribution in [3.8, 4) is 0 Å². The van der Waals surface area contributed by atoms with Gasteiger partial charge in [-0.3, -0.25) is 14.6 Å². The highest BCUT2D eigenvalue weighted by Gasteiger charge is 2.36. The molecule has 0 N–H and O–H groups in total. The Morgan fingerprint density at radius 3 is 2.50 bits per heavy atom. The molecule has 0 aliphatic carbocycles. The number of hydroxylamine groups is 2. The molecule has 18 heavy (non-hydrogen) atoms. The second kappa shape index (κ2) is 4.21. The highest BCUT2D eigenvalue weighted by Crippen LogP contribution is 2.27. The molecule has 1 aliphatic heterocycles. The molecule has 0 aromatic heterocycles. The van der Waals surface area contributed by atoms with Crippen LogP contribution < -0.4 is 0 Å². The summed E-state index contributed by atoms with van der Waals surface area (Å²) in [7, 11) is 1.48. The van der Waals surface area contributed by atoms with Crippen molar-refractivity contribution in [1.82, 2.24) is 5.06 Å². The Morgan fingerprint density at radius 2 is 1.94 bits per heavy atom. The van der Waals surface area contributed by atoms with E-state index in [-0.39, 0.29) is 11.4 Å². The average Bonchev–Trinajstić information content (AvgIpc) is 2.51. The van der Waals surface area contributed by atoms with Crippen LogP contribution in [-0.4, -0.2) is 29.5 Å². The summed E-state index contributed by atoms with van der Waals surface area (Å²) in [6.45, 7) is 7.90. The molecule has 1 amide bonds. The van der Waals surface area contributed by atoms with Gasteiger partial charge in [0.25, 0.3) is 5.91 Å². The van der Waals surface area contributed by atoms with Crippen molar-refractivity contribution in [3.05, 3.63) is 34.9 Å². The van der Waals surface area contributed by atoms with Crippen molar-refractivity contribution in [3.63, 3.8) is 0 Å². The summed E-state index contributed by atoms with van der Waals surface area (Å²) in [5.41, 5.74) is 2.20. The number of hydrogen-bond donors (Lipinski definition) is 0. The zero-order valence-corrected chi connectivity index (χ0v) is 11.4. The van der Waals surface area contributed by atoms with E-state index in [1.807, 2.05) is 45.9 Å². The maximum Gasteiger partial charge on any atom is 0.284 e. The van der Waals surface area contributed by atoms with E-state index in [1.165, 1.54) is 12.2 Å². The van der Waals surface area contributed by atoms with Gasteiger partial charge in [-0.15, -0.1) is 0 Å². The molecule has 1 heterocycles. The summed E-state index contributed by atoms with van der Waals surface area (Å²) >= 11 is 0. The first-order valence-corrected chi connectivity index (χ1v) is 5.93. The van der Waals surface area contributed by atoms with Crippen LogP contribution in [0.2, 0.25) is 0 Å². The van der Waals surface area contributed by atoms with Gasteiger partial charge >= 0.3 is 0 Å². The molecule has 0 atom stereocenters. The van der Waals surface area contributed by atoms with Gasteiger partial charge < -0.3 is 0 Å². The molecule has 1 aliphatic rings. The number of amides is 1.